The Morgan fingerprint density at radius 1 is 0.897 bits per heavy atom. The van der Waals surface area contributed by atoms with E-state index in [1.54, 1.807) is 0 Å². The van der Waals surface area contributed by atoms with Crippen LogP contribution in [0.5, 0.6) is 11.5 Å². The number of ether oxygens (including phenoxy) is 2. The number of hydrogen-bond acceptors (Lipinski definition) is 5. The topological polar surface area (TPSA) is 71.0 Å². The summed E-state index contributed by atoms with van der Waals surface area (Å²) >= 11 is 0. The summed E-state index contributed by atoms with van der Waals surface area (Å²) < 4.78 is 104. The lowest BCUT2D eigenvalue weighted by molar-refractivity contribution is 0.00892. The molecule has 0 radical (unpaired) electrons. The fraction of sp³-hybridized carbons (Fsp3) is 0.455. The minimum Gasteiger partial charge on any atom is -0.487 e. The molecule has 0 spiro atoms. The molecule has 2 aromatic carbocycles. The summed E-state index contributed by atoms with van der Waals surface area (Å²) in [6.07, 6.45) is -17.8. The van der Waals surface area contributed by atoms with Crippen LogP contribution in [0, 0.1) is 11.6 Å². The number of halogens is 2. The van der Waals surface area contributed by atoms with Gasteiger partial charge in [-0.1, -0.05) is 0 Å². The minimum atomic E-state index is -2.79. The van der Waals surface area contributed by atoms with E-state index in [1.165, 1.54) is 0 Å². The molecule has 3 N–H and O–H groups in total. The molecule has 0 aromatic heterocycles. The second-order valence-electron chi connectivity index (χ2n) is 6.69. The molecule has 4 unspecified atom stereocenters. The first-order chi connectivity index (χ1) is 17.0. The Morgan fingerprint density at radius 3 is 1.79 bits per heavy atom. The fourth-order valence-electron chi connectivity index (χ4n) is 2.98. The molecule has 7 heteroatoms. The summed E-state index contributed by atoms with van der Waals surface area (Å²) in [6, 6.07) is 5.94. The first-order valence-electron chi connectivity index (χ1n) is 13.0. The molecule has 4 atom stereocenters. The van der Waals surface area contributed by atoms with E-state index in [2.05, 4.69) is 5.32 Å². The lowest BCUT2D eigenvalue weighted by Crippen LogP contribution is -2.46. The van der Waals surface area contributed by atoms with Crippen molar-refractivity contribution in [3.8, 4) is 11.5 Å². The minimum absolute atomic E-state index is 0.133. The summed E-state index contributed by atoms with van der Waals surface area (Å²) in [7, 11) is 0. The predicted molar refractivity (Wildman–Crippen MR) is 103 cm³/mol. The standard InChI is InChI=1S/C22H25F2NO4/c23-15-3-7-19-13(9-15)1-5-21(28-19)17(26)11-25-12-18(27)22-6-2-14-10-16(24)4-8-20(14)29-22/h3-4,7-10,17-18,21-22,25-27H,1-2,5-6,11-12H2/i1D2,2D2,5D2,6D2. The maximum absolute atomic E-state index is 13.6. The summed E-state index contributed by atoms with van der Waals surface area (Å²) in [4.78, 5) is 0. The number of aliphatic hydroxyl groups is 2. The molecule has 2 heterocycles. The van der Waals surface area contributed by atoms with Crippen molar-refractivity contribution in [1.29, 1.82) is 0 Å². The third kappa shape index (κ3) is 4.69. The second-order valence-corrected chi connectivity index (χ2v) is 6.69. The molecule has 5 nitrogen and oxygen atoms in total. The second kappa shape index (κ2) is 8.65. The van der Waals surface area contributed by atoms with Gasteiger partial charge in [-0.3, -0.25) is 0 Å². The van der Waals surface area contributed by atoms with Crippen LogP contribution in [-0.2, 0) is 12.7 Å². The van der Waals surface area contributed by atoms with Crippen molar-refractivity contribution in [3.05, 3.63) is 59.2 Å². The van der Waals surface area contributed by atoms with Crippen molar-refractivity contribution in [1.82, 2.24) is 5.32 Å². The average molecular weight is 413 g/mol. The molecule has 0 saturated heterocycles. The van der Waals surface area contributed by atoms with Crippen molar-refractivity contribution in [2.24, 2.45) is 0 Å². The third-order valence-electron chi connectivity index (χ3n) is 4.50. The summed E-state index contributed by atoms with van der Waals surface area (Å²) in [5.74, 6) is -1.82. The van der Waals surface area contributed by atoms with Gasteiger partial charge in [-0.25, -0.2) is 8.78 Å². The zero-order chi connectivity index (χ0) is 27.6. The van der Waals surface area contributed by atoms with Crippen molar-refractivity contribution >= 4 is 0 Å². The van der Waals surface area contributed by atoms with Crippen LogP contribution in [0.1, 0.15) is 34.8 Å². The van der Waals surface area contributed by atoms with E-state index >= 15 is 0 Å². The molecule has 0 aliphatic carbocycles. The molecule has 0 saturated carbocycles. The van der Waals surface area contributed by atoms with Gasteiger partial charge in [0.1, 0.15) is 47.5 Å². The maximum Gasteiger partial charge on any atom is 0.126 e. The Balaban J connectivity index is 1.46. The van der Waals surface area contributed by atoms with Crippen LogP contribution < -0.4 is 14.8 Å². The van der Waals surface area contributed by atoms with Crippen LogP contribution in [0.15, 0.2) is 36.4 Å². The molecule has 4 rings (SSSR count). The van der Waals surface area contributed by atoms with Gasteiger partial charge in [-0.15, -0.1) is 0 Å². The van der Waals surface area contributed by atoms with Crippen LogP contribution in [0.25, 0.3) is 0 Å². The number of aryl methyl sites for hydroxylation is 2. The number of hydrogen-bond donors (Lipinski definition) is 3. The Morgan fingerprint density at radius 2 is 1.34 bits per heavy atom. The molecule has 156 valence electrons. The molecule has 0 amide bonds. The van der Waals surface area contributed by atoms with E-state index in [-0.39, 0.29) is 22.6 Å². The SMILES string of the molecule is [2H]C1([2H])c2cc(F)ccc2OC(C(O)CNCC(O)C2Oc3ccc(F)cc3C([2H])([2H])C2([2H])[2H])C1([2H])[2H]. The first kappa shape index (κ1) is 12.5. The Kier molecular flexibility index (Phi) is 3.72. The van der Waals surface area contributed by atoms with Crippen molar-refractivity contribution in [3.63, 3.8) is 0 Å². The first-order valence-corrected chi connectivity index (χ1v) is 9.02. The van der Waals surface area contributed by atoms with Crippen LogP contribution in [0.4, 0.5) is 8.78 Å². The Labute approximate surface area is 179 Å². The molecule has 0 bridgehead atoms. The number of aliphatic hydroxyl groups excluding tert-OH is 2. The molecular weight excluding hydrogens is 380 g/mol. The monoisotopic (exact) mass is 413 g/mol. The van der Waals surface area contributed by atoms with Gasteiger partial charge in [0.05, 0.1) is 0 Å². The molecule has 2 aromatic rings. The quantitative estimate of drug-likeness (QED) is 0.678. The third-order valence-corrected chi connectivity index (χ3v) is 4.50. The largest absolute Gasteiger partial charge is 0.487 e. The van der Waals surface area contributed by atoms with E-state index in [1.807, 2.05) is 0 Å². The van der Waals surface area contributed by atoms with Crippen molar-refractivity contribution in [2.75, 3.05) is 13.1 Å². The van der Waals surface area contributed by atoms with Gasteiger partial charge in [0, 0.05) is 24.1 Å². The fourth-order valence-corrected chi connectivity index (χ4v) is 2.98. The normalized spacial score (nSPS) is 33.7. The van der Waals surface area contributed by atoms with Crippen LogP contribution in [0.2, 0.25) is 0 Å². The Hall–Kier alpha value is -2.22. The lowest BCUT2D eigenvalue weighted by Gasteiger charge is -2.31. The smallest absolute Gasteiger partial charge is 0.126 e. The van der Waals surface area contributed by atoms with Gasteiger partial charge in [-0.05, 0) is 73.0 Å². The summed E-state index contributed by atoms with van der Waals surface area (Å²) in [5.41, 5.74) is -0.675. The summed E-state index contributed by atoms with van der Waals surface area (Å²) in [6.45, 7) is -0.865. The lowest BCUT2D eigenvalue weighted by atomic mass is 9.98. The number of rotatable bonds is 6. The highest BCUT2D eigenvalue weighted by Crippen LogP contribution is 2.30. The van der Waals surface area contributed by atoms with Gasteiger partial charge >= 0.3 is 0 Å². The van der Waals surface area contributed by atoms with Crippen molar-refractivity contribution < 1.29 is 39.4 Å². The maximum atomic E-state index is 13.6. The average Bonchev–Trinajstić information content (AvgIpc) is 2.80. The van der Waals surface area contributed by atoms with E-state index in [0.29, 0.717) is 0 Å². The van der Waals surface area contributed by atoms with E-state index in [4.69, 9.17) is 20.4 Å². The van der Waals surface area contributed by atoms with Crippen LogP contribution in [0.3, 0.4) is 0 Å². The van der Waals surface area contributed by atoms with Crippen molar-refractivity contribution in [2.45, 2.75) is 49.9 Å². The predicted octanol–water partition coefficient (Wildman–Crippen LogP) is 2.36. The molecule has 2 aliphatic heterocycles. The van der Waals surface area contributed by atoms with Gasteiger partial charge in [0.15, 0.2) is 0 Å². The Bertz CT molecular complexity index is 1100. The molecule has 0 fully saturated rings. The number of benzene rings is 2. The zero-order valence-electron chi connectivity index (χ0n) is 23.2. The molecule has 29 heavy (non-hydrogen) atoms. The number of nitrogens with one attached hydrogen (secondary N) is 1. The van der Waals surface area contributed by atoms with Gasteiger partial charge < -0.3 is 25.0 Å². The number of fused-ring (bicyclic) bond motifs is 2. The highest BCUT2D eigenvalue weighted by molar-refractivity contribution is 5.36. The summed E-state index contributed by atoms with van der Waals surface area (Å²) in [5, 5.41) is 23.9. The van der Waals surface area contributed by atoms with E-state index in [9.17, 15) is 19.0 Å². The molecule has 2 aliphatic rings. The van der Waals surface area contributed by atoms with Crippen LogP contribution in [-0.4, -0.2) is 47.7 Å². The van der Waals surface area contributed by atoms with Crippen LogP contribution >= 0.6 is 0 Å². The van der Waals surface area contributed by atoms with Gasteiger partial charge in [0.2, 0.25) is 0 Å². The highest BCUT2D eigenvalue weighted by atomic mass is 19.1. The van der Waals surface area contributed by atoms with Gasteiger partial charge in [-0.2, -0.15) is 0 Å². The molecular formula is C22H25F2NO4. The van der Waals surface area contributed by atoms with Gasteiger partial charge in [0.25, 0.3) is 0 Å². The van der Waals surface area contributed by atoms with E-state index < -0.39 is 74.6 Å². The highest BCUT2D eigenvalue weighted by Gasteiger charge is 2.29. The zero-order valence-corrected chi connectivity index (χ0v) is 15.2. The van der Waals surface area contributed by atoms with E-state index in [0.717, 1.165) is 36.4 Å².